The summed E-state index contributed by atoms with van der Waals surface area (Å²) in [5.74, 6) is 0.500. The first-order valence-electron chi connectivity index (χ1n) is 9.40. The lowest BCUT2D eigenvalue weighted by molar-refractivity contribution is -0.121. The van der Waals surface area contributed by atoms with Crippen molar-refractivity contribution in [2.24, 2.45) is 0 Å². The van der Waals surface area contributed by atoms with Gasteiger partial charge in [-0.05, 0) is 38.2 Å². The van der Waals surface area contributed by atoms with E-state index in [-0.39, 0.29) is 18.6 Å². The Hall–Kier alpha value is -3.06. The highest BCUT2D eigenvalue weighted by molar-refractivity contribution is 6.01. The molecule has 0 aromatic heterocycles. The van der Waals surface area contributed by atoms with Crippen molar-refractivity contribution in [3.8, 4) is 5.75 Å². The van der Waals surface area contributed by atoms with Gasteiger partial charge in [0.1, 0.15) is 11.9 Å². The second-order valence-corrected chi connectivity index (χ2v) is 6.81. The normalized spacial score (nSPS) is 15.5. The van der Waals surface area contributed by atoms with Crippen LogP contribution >= 0.6 is 0 Å². The molecule has 0 bridgehead atoms. The van der Waals surface area contributed by atoms with Gasteiger partial charge in [0.15, 0.2) is 0 Å². The number of benzene rings is 2. The standard InChI is InChI=1S/C21H26N4O3/c1-3-25-14-17(28-19-12-8-7-11-18(19)25)13-24(2)15-20(26)23-21(27)22-16-9-5-4-6-10-16/h4-12,17H,3,13-15H2,1-2H3,(H2,22,23,26,27). The zero-order chi connectivity index (χ0) is 19.9. The summed E-state index contributed by atoms with van der Waals surface area (Å²) >= 11 is 0. The molecule has 28 heavy (non-hydrogen) atoms. The zero-order valence-corrected chi connectivity index (χ0v) is 16.2. The molecule has 0 aliphatic carbocycles. The van der Waals surface area contributed by atoms with E-state index in [0.29, 0.717) is 12.2 Å². The fourth-order valence-electron chi connectivity index (χ4n) is 3.28. The van der Waals surface area contributed by atoms with Crippen LogP contribution in [0.15, 0.2) is 54.6 Å². The van der Waals surface area contributed by atoms with Crippen molar-refractivity contribution in [1.29, 1.82) is 0 Å². The molecule has 1 aliphatic rings. The molecule has 0 saturated heterocycles. The summed E-state index contributed by atoms with van der Waals surface area (Å²) in [6.07, 6.45) is -0.0502. The Bertz CT molecular complexity index is 812. The summed E-state index contributed by atoms with van der Waals surface area (Å²) in [5, 5.41) is 4.98. The van der Waals surface area contributed by atoms with Crippen molar-refractivity contribution in [1.82, 2.24) is 10.2 Å². The van der Waals surface area contributed by atoms with Gasteiger partial charge in [-0.3, -0.25) is 15.0 Å². The van der Waals surface area contributed by atoms with Crippen LogP contribution in [0.5, 0.6) is 5.75 Å². The van der Waals surface area contributed by atoms with Crippen molar-refractivity contribution in [2.45, 2.75) is 13.0 Å². The molecular weight excluding hydrogens is 356 g/mol. The Morgan fingerprint density at radius 3 is 2.61 bits per heavy atom. The molecule has 2 N–H and O–H groups in total. The van der Waals surface area contributed by atoms with Gasteiger partial charge in [0, 0.05) is 18.8 Å². The third-order valence-corrected chi connectivity index (χ3v) is 4.52. The molecular formula is C21H26N4O3. The number of nitrogens with zero attached hydrogens (tertiary/aromatic N) is 2. The number of carbonyl (C=O) groups excluding carboxylic acids is 2. The van der Waals surface area contributed by atoms with Gasteiger partial charge in [-0.1, -0.05) is 30.3 Å². The highest BCUT2D eigenvalue weighted by Gasteiger charge is 2.26. The number of urea groups is 1. The first kappa shape index (κ1) is 19.7. The average molecular weight is 382 g/mol. The summed E-state index contributed by atoms with van der Waals surface area (Å²) < 4.78 is 6.08. The highest BCUT2D eigenvalue weighted by atomic mass is 16.5. The largest absolute Gasteiger partial charge is 0.485 e. The van der Waals surface area contributed by atoms with Gasteiger partial charge in [-0.2, -0.15) is 0 Å². The Morgan fingerprint density at radius 1 is 1.14 bits per heavy atom. The minimum absolute atomic E-state index is 0.0502. The monoisotopic (exact) mass is 382 g/mol. The fourth-order valence-corrected chi connectivity index (χ4v) is 3.28. The van der Waals surface area contributed by atoms with Gasteiger partial charge < -0.3 is 15.0 Å². The van der Waals surface area contributed by atoms with E-state index < -0.39 is 6.03 Å². The fraction of sp³-hybridized carbons (Fsp3) is 0.333. The van der Waals surface area contributed by atoms with Crippen LogP contribution in [0, 0.1) is 0 Å². The summed E-state index contributed by atoms with van der Waals surface area (Å²) in [6, 6.07) is 16.4. The lowest BCUT2D eigenvalue weighted by Gasteiger charge is -2.37. The van der Waals surface area contributed by atoms with Crippen LogP contribution in [0.1, 0.15) is 6.92 Å². The Labute approximate surface area is 165 Å². The molecule has 2 aromatic rings. The third kappa shape index (κ3) is 5.23. The number of amides is 3. The van der Waals surface area contributed by atoms with Gasteiger partial charge in [0.25, 0.3) is 0 Å². The number of hydrogen-bond donors (Lipinski definition) is 2. The van der Waals surface area contributed by atoms with Crippen LogP contribution in [0.25, 0.3) is 0 Å². The molecule has 7 nitrogen and oxygen atoms in total. The van der Waals surface area contributed by atoms with E-state index in [2.05, 4.69) is 28.5 Å². The number of para-hydroxylation sites is 3. The van der Waals surface area contributed by atoms with E-state index in [0.717, 1.165) is 24.5 Å². The first-order valence-corrected chi connectivity index (χ1v) is 9.40. The van der Waals surface area contributed by atoms with Crippen molar-refractivity contribution >= 4 is 23.3 Å². The second-order valence-electron chi connectivity index (χ2n) is 6.81. The minimum atomic E-state index is -0.537. The molecule has 0 fully saturated rings. The molecule has 1 aliphatic heterocycles. The van der Waals surface area contributed by atoms with Crippen LogP contribution in [0.4, 0.5) is 16.2 Å². The number of nitrogens with one attached hydrogen (secondary N) is 2. The molecule has 2 aromatic carbocycles. The van der Waals surface area contributed by atoms with E-state index in [4.69, 9.17) is 4.74 Å². The predicted molar refractivity (Wildman–Crippen MR) is 110 cm³/mol. The molecule has 0 radical (unpaired) electrons. The first-order chi connectivity index (χ1) is 13.5. The maximum atomic E-state index is 12.1. The van der Waals surface area contributed by atoms with Gasteiger partial charge in [-0.15, -0.1) is 0 Å². The Balaban J connectivity index is 1.48. The van der Waals surface area contributed by atoms with E-state index in [1.807, 2.05) is 48.3 Å². The molecule has 1 atom stereocenters. The Kier molecular flexibility index (Phi) is 6.49. The van der Waals surface area contributed by atoms with Gasteiger partial charge in [0.05, 0.1) is 18.8 Å². The van der Waals surface area contributed by atoms with Crippen LogP contribution in [-0.4, -0.2) is 56.2 Å². The summed E-state index contributed by atoms with van der Waals surface area (Å²) in [4.78, 5) is 28.2. The van der Waals surface area contributed by atoms with Gasteiger partial charge in [-0.25, -0.2) is 4.79 Å². The number of rotatable bonds is 6. The predicted octanol–water partition coefficient (Wildman–Crippen LogP) is 2.55. The molecule has 0 spiro atoms. The van der Waals surface area contributed by atoms with Crippen LogP contribution in [-0.2, 0) is 4.79 Å². The summed E-state index contributed by atoms with van der Waals surface area (Å²) in [5.41, 5.74) is 1.73. The number of carbonyl (C=O) groups is 2. The molecule has 3 rings (SSSR count). The van der Waals surface area contributed by atoms with E-state index >= 15 is 0 Å². The van der Waals surface area contributed by atoms with Crippen molar-refractivity contribution < 1.29 is 14.3 Å². The highest BCUT2D eigenvalue weighted by Crippen LogP contribution is 2.32. The van der Waals surface area contributed by atoms with E-state index in [9.17, 15) is 9.59 Å². The zero-order valence-electron chi connectivity index (χ0n) is 16.2. The maximum Gasteiger partial charge on any atom is 0.325 e. The number of ether oxygens (including phenoxy) is 1. The smallest absolute Gasteiger partial charge is 0.325 e. The SMILES string of the molecule is CCN1CC(CN(C)CC(=O)NC(=O)Nc2ccccc2)Oc2ccccc21. The molecule has 148 valence electrons. The number of imide groups is 1. The maximum absolute atomic E-state index is 12.1. The van der Waals surface area contributed by atoms with Crippen LogP contribution < -0.4 is 20.3 Å². The van der Waals surface area contributed by atoms with Gasteiger partial charge in [0.2, 0.25) is 5.91 Å². The van der Waals surface area contributed by atoms with Crippen LogP contribution in [0.2, 0.25) is 0 Å². The number of anilines is 2. The van der Waals surface area contributed by atoms with E-state index in [1.165, 1.54) is 0 Å². The lowest BCUT2D eigenvalue weighted by atomic mass is 10.2. The quantitative estimate of drug-likeness (QED) is 0.803. The summed E-state index contributed by atoms with van der Waals surface area (Å²) in [7, 11) is 1.84. The third-order valence-electron chi connectivity index (χ3n) is 4.52. The van der Waals surface area contributed by atoms with E-state index in [1.54, 1.807) is 12.1 Å². The van der Waals surface area contributed by atoms with Gasteiger partial charge >= 0.3 is 6.03 Å². The summed E-state index contributed by atoms with van der Waals surface area (Å²) in [6.45, 7) is 4.45. The number of likely N-dealkylation sites (N-methyl/N-ethyl adjacent to an activating group) is 2. The molecule has 3 amide bonds. The number of hydrogen-bond acceptors (Lipinski definition) is 5. The van der Waals surface area contributed by atoms with Crippen LogP contribution in [0.3, 0.4) is 0 Å². The molecule has 1 unspecified atom stereocenters. The van der Waals surface area contributed by atoms with Crippen molar-refractivity contribution in [2.75, 3.05) is 43.4 Å². The second kappa shape index (κ2) is 9.23. The molecule has 1 heterocycles. The Morgan fingerprint density at radius 2 is 1.86 bits per heavy atom. The molecule has 7 heteroatoms. The van der Waals surface area contributed by atoms with Crippen molar-refractivity contribution in [3.05, 3.63) is 54.6 Å². The lowest BCUT2D eigenvalue weighted by Crippen LogP contribution is -2.48. The minimum Gasteiger partial charge on any atom is -0.485 e. The topological polar surface area (TPSA) is 73.9 Å². The average Bonchev–Trinajstić information content (AvgIpc) is 2.67. The molecule has 0 saturated carbocycles. The number of fused-ring (bicyclic) bond motifs is 1. The van der Waals surface area contributed by atoms with Crippen molar-refractivity contribution in [3.63, 3.8) is 0 Å².